The van der Waals surface area contributed by atoms with Gasteiger partial charge in [-0.2, -0.15) is 13.2 Å². The summed E-state index contributed by atoms with van der Waals surface area (Å²) in [7, 11) is 0. The van der Waals surface area contributed by atoms with Crippen molar-refractivity contribution in [2.24, 2.45) is 0 Å². The van der Waals surface area contributed by atoms with Gasteiger partial charge in [-0.05, 0) is 62.4 Å². The number of anilines is 3. The number of aromatic nitrogens is 3. The Hall–Kier alpha value is -5.58. The van der Waals surface area contributed by atoms with E-state index in [-0.39, 0.29) is 40.7 Å². The molecule has 0 aliphatic carbocycles. The normalized spacial score (nSPS) is 11.6. The molecule has 0 spiro atoms. The number of pyridine rings is 1. The topological polar surface area (TPSA) is 106 Å². The number of ketones is 1. The monoisotopic (exact) mass is 595 g/mol. The third-order valence-electron chi connectivity index (χ3n) is 7.03. The molecule has 0 aliphatic heterocycles. The van der Waals surface area contributed by atoms with Crippen molar-refractivity contribution in [2.45, 2.75) is 20.0 Å². The lowest BCUT2D eigenvalue weighted by atomic mass is 9.97. The van der Waals surface area contributed by atoms with E-state index in [1.165, 1.54) is 25.4 Å². The predicted molar refractivity (Wildman–Crippen MR) is 163 cm³/mol. The Balaban J connectivity index is 1.42. The van der Waals surface area contributed by atoms with Gasteiger partial charge in [0.1, 0.15) is 17.9 Å². The number of nitrogens with zero attached hydrogens (tertiary/aromatic N) is 3. The van der Waals surface area contributed by atoms with E-state index in [1.807, 2.05) is 30.3 Å². The highest BCUT2D eigenvalue weighted by molar-refractivity contribution is 6.19. The van der Waals surface area contributed by atoms with Crippen LogP contribution in [0.25, 0.3) is 32.7 Å². The quantitative estimate of drug-likeness (QED) is 0.143. The fourth-order valence-corrected chi connectivity index (χ4v) is 5.07. The summed E-state index contributed by atoms with van der Waals surface area (Å²) in [5, 5.41) is 7.58. The maximum atomic E-state index is 13.8. The molecule has 0 bridgehead atoms. The van der Waals surface area contributed by atoms with E-state index >= 15 is 0 Å². The summed E-state index contributed by atoms with van der Waals surface area (Å²) in [6.07, 6.45) is -3.24. The molecule has 11 heteroatoms. The number of amides is 1. The summed E-state index contributed by atoms with van der Waals surface area (Å²) in [5.41, 5.74) is 1.77. The minimum absolute atomic E-state index is 0.149. The lowest BCUT2D eigenvalue weighted by Crippen LogP contribution is -2.17. The van der Waals surface area contributed by atoms with Gasteiger partial charge >= 0.3 is 6.18 Å². The molecule has 2 aromatic heterocycles. The van der Waals surface area contributed by atoms with Gasteiger partial charge in [-0.3, -0.25) is 9.59 Å². The largest absolute Gasteiger partial charge is 0.492 e. The van der Waals surface area contributed by atoms with Crippen LogP contribution >= 0.6 is 0 Å². The van der Waals surface area contributed by atoms with E-state index in [4.69, 9.17) is 4.74 Å². The number of fused-ring (bicyclic) bond motifs is 3. The van der Waals surface area contributed by atoms with Crippen molar-refractivity contribution >= 4 is 61.6 Å². The number of benzene rings is 4. The molecular formula is C33H24F3N5O3. The molecule has 6 rings (SSSR count). The third kappa shape index (κ3) is 5.47. The average molecular weight is 596 g/mol. The van der Waals surface area contributed by atoms with Gasteiger partial charge in [0.05, 0.1) is 40.0 Å². The molecule has 2 N–H and O–H groups in total. The Morgan fingerprint density at radius 3 is 2.45 bits per heavy atom. The van der Waals surface area contributed by atoms with Gasteiger partial charge in [0.15, 0.2) is 5.78 Å². The molecule has 0 saturated heterocycles. The molecule has 2 heterocycles. The number of alkyl halides is 3. The number of carbonyl (C=O) groups excluding carboxylic acids is 2. The Morgan fingerprint density at radius 1 is 0.864 bits per heavy atom. The van der Waals surface area contributed by atoms with Gasteiger partial charge in [0.25, 0.3) is 5.91 Å². The number of Topliss-reactive ketones (excluding diaryl/α,β-unsaturated/α-hetero) is 1. The van der Waals surface area contributed by atoms with E-state index in [1.54, 1.807) is 31.2 Å². The van der Waals surface area contributed by atoms with E-state index in [2.05, 4.69) is 25.6 Å². The van der Waals surface area contributed by atoms with Crippen LogP contribution in [-0.2, 0) is 6.18 Å². The first-order chi connectivity index (χ1) is 21.1. The SMILES string of the molecule is CCOc1cc2ncnc(Nc3cccc(C(F)(F)F)c3)c2cc1NC(=O)c1ccc2nc3ccccc3cc2c1C(C)=O. The van der Waals surface area contributed by atoms with E-state index in [9.17, 15) is 22.8 Å². The minimum Gasteiger partial charge on any atom is -0.492 e. The highest BCUT2D eigenvalue weighted by atomic mass is 19.4. The first kappa shape index (κ1) is 28.5. The van der Waals surface area contributed by atoms with Crippen LogP contribution in [0.4, 0.5) is 30.4 Å². The second-order valence-electron chi connectivity index (χ2n) is 9.97. The Labute approximate surface area is 248 Å². The van der Waals surface area contributed by atoms with Crippen LogP contribution in [0.3, 0.4) is 0 Å². The zero-order valence-electron chi connectivity index (χ0n) is 23.5. The third-order valence-corrected chi connectivity index (χ3v) is 7.03. The van der Waals surface area contributed by atoms with Crippen LogP contribution in [-0.4, -0.2) is 33.2 Å². The standard InChI is InChI=1S/C33H24F3N5O3/c1-3-44-29-16-27-24(31(38-17-37-27)39-21-9-6-8-20(14-21)33(34,35)36)15-28(29)41-32(43)22-11-12-26-23(30(22)18(2)42)13-19-7-4-5-10-25(19)40-26/h4-17H,3H2,1-2H3,(H,41,43)(H,37,38,39). The van der Waals surface area contributed by atoms with Crippen LogP contribution in [0.15, 0.2) is 85.2 Å². The maximum Gasteiger partial charge on any atom is 0.416 e. The van der Waals surface area contributed by atoms with Gasteiger partial charge in [-0.25, -0.2) is 15.0 Å². The molecular weight excluding hydrogens is 571 g/mol. The number of halogens is 3. The molecule has 0 unspecified atom stereocenters. The predicted octanol–water partition coefficient (Wildman–Crippen LogP) is 7.95. The number of carbonyl (C=O) groups is 2. The second-order valence-corrected chi connectivity index (χ2v) is 9.97. The first-order valence-electron chi connectivity index (χ1n) is 13.6. The van der Waals surface area contributed by atoms with Crippen LogP contribution in [0.1, 0.15) is 40.1 Å². The van der Waals surface area contributed by atoms with Crippen LogP contribution < -0.4 is 15.4 Å². The zero-order valence-corrected chi connectivity index (χ0v) is 23.5. The molecule has 0 atom stereocenters. The lowest BCUT2D eigenvalue weighted by Gasteiger charge is -2.16. The number of ether oxygens (including phenoxy) is 1. The van der Waals surface area contributed by atoms with Crippen molar-refractivity contribution in [3.8, 4) is 5.75 Å². The van der Waals surface area contributed by atoms with Gasteiger partial charge < -0.3 is 15.4 Å². The Kier molecular flexibility index (Phi) is 7.30. The van der Waals surface area contributed by atoms with Crippen molar-refractivity contribution in [1.82, 2.24) is 15.0 Å². The molecule has 1 amide bonds. The Morgan fingerprint density at radius 2 is 1.68 bits per heavy atom. The van der Waals surface area contributed by atoms with Crippen LogP contribution in [0.5, 0.6) is 5.75 Å². The number of hydrogen-bond acceptors (Lipinski definition) is 7. The summed E-state index contributed by atoms with van der Waals surface area (Å²) >= 11 is 0. The highest BCUT2D eigenvalue weighted by Gasteiger charge is 2.30. The maximum absolute atomic E-state index is 13.8. The molecule has 220 valence electrons. The Bertz CT molecular complexity index is 2100. The van der Waals surface area contributed by atoms with Crippen molar-refractivity contribution in [3.63, 3.8) is 0 Å². The van der Waals surface area contributed by atoms with Crippen molar-refractivity contribution in [3.05, 3.63) is 102 Å². The summed E-state index contributed by atoms with van der Waals surface area (Å²) in [6, 6.07) is 20.5. The van der Waals surface area contributed by atoms with Gasteiger partial charge in [0, 0.05) is 33.5 Å². The second kappa shape index (κ2) is 11.3. The molecule has 0 saturated carbocycles. The number of hydrogen-bond donors (Lipinski definition) is 2. The lowest BCUT2D eigenvalue weighted by molar-refractivity contribution is -0.137. The van der Waals surface area contributed by atoms with Crippen LogP contribution in [0, 0.1) is 0 Å². The fraction of sp³-hybridized carbons (Fsp3) is 0.121. The summed E-state index contributed by atoms with van der Waals surface area (Å²) in [4.78, 5) is 39.8. The van der Waals surface area contributed by atoms with E-state index < -0.39 is 17.6 Å². The van der Waals surface area contributed by atoms with E-state index in [0.29, 0.717) is 27.6 Å². The van der Waals surface area contributed by atoms with E-state index in [0.717, 1.165) is 23.0 Å². The van der Waals surface area contributed by atoms with Crippen molar-refractivity contribution in [2.75, 3.05) is 17.2 Å². The summed E-state index contributed by atoms with van der Waals surface area (Å²) in [5.74, 6) is -0.326. The summed E-state index contributed by atoms with van der Waals surface area (Å²) < 4.78 is 45.7. The minimum atomic E-state index is -4.51. The first-order valence-corrected chi connectivity index (χ1v) is 13.6. The highest BCUT2D eigenvalue weighted by Crippen LogP contribution is 2.36. The van der Waals surface area contributed by atoms with Crippen molar-refractivity contribution in [1.29, 1.82) is 0 Å². The zero-order chi connectivity index (χ0) is 31.0. The average Bonchev–Trinajstić information content (AvgIpc) is 2.99. The number of rotatable bonds is 7. The molecule has 44 heavy (non-hydrogen) atoms. The summed E-state index contributed by atoms with van der Waals surface area (Å²) in [6.45, 7) is 3.46. The number of nitrogens with one attached hydrogen (secondary N) is 2. The number of para-hydroxylation sites is 1. The molecule has 6 aromatic rings. The molecule has 4 aromatic carbocycles. The molecule has 0 radical (unpaired) electrons. The molecule has 0 aliphatic rings. The van der Waals surface area contributed by atoms with Gasteiger partial charge in [0.2, 0.25) is 0 Å². The molecule has 8 nitrogen and oxygen atoms in total. The van der Waals surface area contributed by atoms with Crippen molar-refractivity contribution < 1.29 is 27.5 Å². The van der Waals surface area contributed by atoms with Crippen LogP contribution in [0.2, 0.25) is 0 Å². The fourth-order valence-electron chi connectivity index (χ4n) is 5.07. The van der Waals surface area contributed by atoms with Gasteiger partial charge in [-0.1, -0.05) is 24.3 Å². The van der Waals surface area contributed by atoms with Gasteiger partial charge in [-0.15, -0.1) is 0 Å². The smallest absolute Gasteiger partial charge is 0.416 e. The molecule has 0 fully saturated rings.